The molecule has 0 radical (unpaired) electrons. The number of nitrogens with one attached hydrogen (secondary N) is 2. The molecular weight excluding hydrogens is 799 g/mol. The van der Waals surface area contributed by atoms with E-state index in [1.807, 2.05) is 27.2 Å². The molecule has 60 heavy (non-hydrogen) atoms. The number of rotatable bonds is 38. The molecule has 1 aromatic carbocycles. The van der Waals surface area contributed by atoms with Crippen LogP contribution in [0.4, 0.5) is 22.7 Å². The fraction of sp³-hybridized carbons (Fsp3) is 0.780. The van der Waals surface area contributed by atoms with E-state index in [1.54, 1.807) is 6.08 Å². The van der Waals surface area contributed by atoms with Crippen LogP contribution in [-0.4, -0.2) is 89.9 Å². The highest BCUT2D eigenvalue weighted by atomic mass is 31.2. The standard InChI is InChI=1S/C41H73N6O12P/c1-5-6-7-8-9-10-11-12-13-15-18-21-24-27-39(48)36(34-59-60(56,57)58-31-30-47(2,3)4)43-40(49)28-25-22-19-16-14-17-20-23-26-29-42-35-32-37(44(50)51)41(46(54)55)38(33-35)45(52)53/h24,27,32-33,36,39,42,48H,5-23,25-26,28-31,34H2,1-4H3,(H-,43,49,56,57)/b27-24+/t36-,39+/m1/s1. The van der Waals surface area contributed by atoms with Crippen LogP contribution >= 0.6 is 7.82 Å². The molecule has 0 heterocycles. The molecule has 0 spiro atoms. The van der Waals surface area contributed by atoms with Gasteiger partial charge in [-0.15, -0.1) is 0 Å². The minimum absolute atomic E-state index is 0.0572. The van der Waals surface area contributed by atoms with Gasteiger partial charge in [0.1, 0.15) is 13.2 Å². The monoisotopic (exact) mass is 873 g/mol. The number of carbonyl (C=O) groups is 1. The Morgan fingerprint density at radius 2 is 1.25 bits per heavy atom. The van der Waals surface area contributed by atoms with E-state index in [4.69, 9.17) is 9.05 Å². The number of hydrogen-bond acceptors (Lipinski definition) is 13. The first-order chi connectivity index (χ1) is 28.5. The van der Waals surface area contributed by atoms with Crippen LogP contribution in [0.1, 0.15) is 148 Å². The minimum Gasteiger partial charge on any atom is -0.756 e. The Hall–Kier alpha value is -3.54. The quantitative estimate of drug-likeness (QED) is 0.0140. The summed E-state index contributed by atoms with van der Waals surface area (Å²) in [4.78, 5) is 56.0. The average molecular weight is 873 g/mol. The molecule has 0 aliphatic heterocycles. The molecule has 1 aromatic rings. The maximum Gasteiger partial charge on any atom is 0.422 e. The summed E-state index contributed by atoms with van der Waals surface area (Å²) in [6.45, 7) is 2.54. The third-order valence-corrected chi connectivity index (χ3v) is 11.0. The van der Waals surface area contributed by atoms with Crippen molar-refractivity contribution in [2.45, 2.75) is 160 Å². The van der Waals surface area contributed by atoms with Crippen LogP contribution in [0.3, 0.4) is 0 Å². The summed E-state index contributed by atoms with van der Waals surface area (Å²) in [5.74, 6) is -0.306. The second-order valence-corrected chi connectivity index (χ2v) is 17.9. The van der Waals surface area contributed by atoms with Crippen LogP contribution < -0.4 is 15.5 Å². The number of carbonyl (C=O) groups excluding carboxylic acids is 1. The van der Waals surface area contributed by atoms with Crippen molar-refractivity contribution < 1.29 is 47.7 Å². The van der Waals surface area contributed by atoms with Gasteiger partial charge >= 0.3 is 17.1 Å². The number of amides is 1. The fourth-order valence-electron chi connectivity index (χ4n) is 6.49. The highest BCUT2D eigenvalue weighted by molar-refractivity contribution is 7.45. The molecule has 0 fully saturated rings. The van der Waals surface area contributed by atoms with Crippen molar-refractivity contribution in [1.82, 2.24) is 5.32 Å². The van der Waals surface area contributed by atoms with E-state index in [1.165, 1.54) is 57.8 Å². The molecule has 0 saturated heterocycles. The molecule has 344 valence electrons. The van der Waals surface area contributed by atoms with Crippen molar-refractivity contribution in [2.75, 3.05) is 52.8 Å². The largest absolute Gasteiger partial charge is 0.756 e. The van der Waals surface area contributed by atoms with Crippen LogP contribution in [0.5, 0.6) is 0 Å². The number of phosphoric ester groups is 1. The number of phosphoric acid groups is 1. The predicted molar refractivity (Wildman–Crippen MR) is 232 cm³/mol. The van der Waals surface area contributed by atoms with Gasteiger partial charge in [0.25, 0.3) is 7.82 Å². The maximum atomic E-state index is 12.9. The number of benzene rings is 1. The van der Waals surface area contributed by atoms with Gasteiger partial charge in [0.2, 0.25) is 5.91 Å². The number of nitro benzene ring substituents is 3. The van der Waals surface area contributed by atoms with Gasteiger partial charge in [0.15, 0.2) is 0 Å². The van der Waals surface area contributed by atoms with E-state index < -0.39 is 58.4 Å². The van der Waals surface area contributed by atoms with E-state index >= 15 is 0 Å². The number of unbranched alkanes of at least 4 members (excludes halogenated alkanes) is 19. The lowest BCUT2D eigenvalue weighted by molar-refractivity contribution is -0.870. The molecule has 3 N–H and O–H groups in total. The Labute approximate surface area is 356 Å². The van der Waals surface area contributed by atoms with Gasteiger partial charge in [0.05, 0.1) is 54.7 Å². The molecule has 0 aliphatic rings. The number of allylic oxidation sites excluding steroid dienone is 1. The molecule has 0 saturated carbocycles. The summed E-state index contributed by atoms with van der Waals surface area (Å²) >= 11 is 0. The van der Waals surface area contributed by atoms with Crippen LogP contribution in [0.15, 0.2) is 24.3 Å². The summed E-state index contributed by atoms with van der Waals surface area (Å²) in [5.41, 5.74) is -2.96. The number of nitro groups is 3. The zero-order chi connectivity index (χ0) is 44.8. The maximum absolute atomic E-state index is 12.9. The topological polar surface area (TPSA) is 249 Å². The first-order valence-corrected chi connectivity index (χ1v) is 23.3. The number of hydrogen-bond donors (Lipinski definition) is 3. The molecule has 18 nitrogen and oxygen atoms in total. The van der Waals surface area contributed by atoms with Gasteiger partial charge in [-0.3, -0.25) is 39.7 Å². The molecule has 1 unspecified atom stereocenters. The Balaban J connectivity index is 2.42. The lowest BCUT2D eigenvalue weighted by atomic mass is 10.0. The van der Waals surface area contributed by atoms with Crippen LogP contribution in [0.2, 0.25) is 0 Å². The molecule has 3 atom stereocenters. The minimum atomic E-state index is -4.66. The fourth-order valence-corrected chi connectivity index (χ4v) is 7.21. The number of likely N-dealkylation sites (N-methyl/N-ethyl adjacent to an activating group) is 1. The predicted octanol–water partition coefficient (Wildman–Crippen LogP) is 9.03. The normalized spacial score (nSPS) is 13.8. The summed E-state index contributed by atoms with van der Waals surface area (Å²) in [6.07, 6.45) is 24.7. The van der Waals surface area contributed by atoms with E-state index in [9.17, 15) is 49.7 Å². The number of aliphatic hydroxyl groups excluding tert-OH is 1. The van der Waals surface area contributed by atoms with Crippen molar-refractivity contribution >= 4 is 36.5 Å². The molecule has 1 rings (SSSR count). The van der Waals surface area contributed by atoms with E-state index in [-0.39, 0.29) is 24.6 Å². The Kier molecular flexibility index (Phi) is 28.4. The van der Waals surface area contributed by atoms with Crippen molar-refractivity contribution in [3.63, 3.8) is 0 Å². The second kappa shape index (κ2) is 31.3. The van der Waals surface area contributed by atoms with E-state index in [0.717, 1.165) is 76.3 Å². The molecule has 1 amide bonds. The number of anilines is 1. The molecule has 0 aromatic heterocycles. The number of quaternary nitrogens is 1. The second-order valence-electron chi connectivity index (χ2n) is 16.5. The highest BCUT2D eigenvalue weighted by Gasteiger charge is 2.36. The van der Waals surface area contributed by atoms with Gasteiger partial charge in [-0.2, -0.15) is 0 Å². The molecule has 19 heteroatoms. The van der Waals surface area contributed by atoms with E-state index in [2.05, 4.69) is 17.6 Å². The van der Waals surface area contributed by atoms with Crippen molar-refractivity contribution in [1.29, 1.82) is 0 Å². The zero-order valence-corrected chi connectivity index (χ0v) is 37.4. The number of aliphatic hydroxyl groups is 1. The lowest BCUT2D eigenvalue weighted by Crippen LogP contribution is -2.45. The Morgan fingerprint density at radius 3 is 1.73 bits per heavy atom. The first kappa shape index (κ1) is 54.5. The first-order valence-electron chi connectivity index (χ1n) is 21.9. The van der Waals surface area contributed by atoms with E-state index in [0.29, 0.717) is 30.4 Å². The van der Waals surface area contributed by atoms with Crippen molar-refractivity contribution in [2.24, 2.45) is 0 Å². The van der Waals surface area contributed by atoms with Crippen LogP contribution in [-0.2, 0) is 18.4 Å². The summed E-state index contributed by atoms with van der Waals surface area (Å²) in [7, 11) is 1.06. The van der Waals surface area contributed by atoms with Gasteiger partial charge < -0.3 is 34.2 Å². The van der Waals surface area contributed by atoms with Gasteiger partial charge in [-0.25, -0.2) is 0 Å². The molecule has 0 aliphatic carbocycles. The summed E-state index contributed by atoms with van der Waals surface area (Å²) in [6, 6.07) is 0.891. The molecular formula is C41H73N6O12P. The zero-order valence-electron chi connectivity index (χ0n) is 36.5. The summed E-state index contributed by atoms with van der Waals surface area (Å²) in [5, 5.41) is 50.4. The van der Waals surface area contributed by atoms with Crippen molar-refractivity contribution in [3.8, 4) is 0 Å². The third-order valence-electron chi connectivity index (χ3n) is 10.0. The summed E-state index contributed by atoms with van der Waals surface area (Å²) < 4.78 is 23.1. The highest BCUT2D eigenvalue weighted by Crippen LogP contribution is 2.39. The average Bonchev–Trinajstić information content (AvgIpc) is 3.17. The van der Waals surface area contributed by atoms with Gasteiger partial charge in [-0.05, 0) is 25.7 Å². The van der Waals surface area contributed by atoms with Crippen LogP contribution in [0, 0.1) is 30.3 Å². The van der Waals surface area contributed by atoms with Gasteiger partial charge in [-0.1, -0.05) is 128 Å². The van der Waals surface area contributed by atoms with Crippen LogP contribution in [0.25, 0.3) is 0 Å². The van der Waals surface area contributed by atoms with Gasteiger partial charge in [0, 0.05) is 30.8 Å². The molecule has 0 bridgehead atoms. The smallest absolute Gasteiger partial charge is 0.422 e. The SMILES string of the molecule is CCCCCCCCCCCCC/C=C/[C@H](O)[C@@H](COP(=O)([O-])OCC[N+](C)(C)C)NC(=O)CCCCCCCCCCCNc1cc([N+](=O)[O-])c([N+](=O)[O-])c([N+](=O)[O-])c1. The third kappa shape index (κ3) is 26.6. The Bertz CT molecular complexity index is 1460. The lowest BCUT2D eigenvalue weighted by Gasteiger charge is -2.29. The Morgan fingerprint density at radius 1 is 0.767 bits per heavy atom. The van der Waals surface area contributed by atoms with Crippen molar-refractivity contribution in [3.05, 3.63) is 54.6 Å². The number of nitrogens with zero attached hydrogens (tertiary/aromatic N) is 4.